The molecule has 0 radical (unpaired) electrons. The number of hydrogen-bond acceptors (Lipinski definition) is 4. The molecule has 0 aliphatic rings. The molecule has 0 fully saturated rings. The summed E-state index contributed by atoms with van der Waals surface area (Å²) in [6, 6.07) is 3.18. The van der Waals surface area contributed by atoms with Crippen molar-refractivity contribution in [2.24, 2.45) is 0 Å². The topological polar surface area (TPSA) is 54.9 Å². The average molecular weight is 296 g/mol. The van der Waals surface area contributed by atoms with E-state index in [1.807, 2.05) is 20.8 Å². The Morgan fingerprint density at radius 3 is 2.68 bits per heavy atom. The van der Waals surface area contributed by atoms with Gasteiger partial charge in [-0.15, -0.1) is 11.3 Å². The minimum absolute atomic E-state index is 0.0746. The number of aromatic nitrogens is 2. The summed E-state index contributed by atoms with van der Waals surface area (Å²) in [6.45, 7) is 5.85. The molecule has 0 saturated carbocycles. The van der Waals surface area contributed by atoms with Crippen molar-refractivity contribution in [3.8, 4) is 0 Å². The molecule has 6 heteroatoms. The van der Waals surface area contributed by atoms with Crippen molar-refractivity contribution in [1.29, 1.82) is 0 Å². The number of pyridine rings is 1. The molecule has 2 rings (SSSR count). The van der Waals surface area contributed by atoms with Crippen LogP contribution in [-0.4, -0.2) is 15.9 Å². The molecular weight excluding hydrogens is 282 g/mol. The van der Waals surface area contributed by atoms with Crippen LogP contribution >= 0.6 is 22.9 Å². The predicted octanol–water partition coefficient (Wildman–Crippen LogP) is 3.30. The van der Waals surface area contributed by atoms with Gasteiger partial charge in [0, 0.05) is 11.1 Å². The highest BCUT2D eigenvalue weighted by molar-refractivity contribution is 7.11. The highest BCUT2D eigenvalue weighted by Crippen LogP contribution is 2.24. The van der Waals surface area contributed by atoms with E-state index in [1.165, 1.54) is 6.20 Å². The fraction of sp³-hybridized carbons (Fsp3) is 0.308. The van der Waals surface area contributed by atoms with Crippen LogP contribution < -0.4 is 5.32 Å². The molecule has 0 aliphatic carbocycles. The zero-order valence-electron chi connectivity index (χ0n) is 10.9. The summed E-state index contributed by atoms with van der Waals surface area (Å²) in [4.78, 5) is 21.4. The van der Waals surface area contributed by atoms with Gasteiger partial charge < -0.3 is 5.32 Å². The average Bonchev–Trinajstić information content (AvgIpc) is 2.69. The van der Waals surface area contributed by atoms with Crippen LogP contribution in [-0.2, 0) is 0 Å². The molecular formula is C13H14ClN3OS. The van der Waals surface area contributed by atoms with E-state index in [0.29, 0.717) is 10.7 Å². The van der Waals surface area contributed by atoms with Crippen LogP contribution in [0.3, 0.4) is 0 Å². The molecule has 100 valence electrons. The Bertz CT molecular complexity index is 594. The van der Waals surface area contributed by atoms with Gasteiger partial charge in [-0.2, -0.15) is 0 Å². The maximum absolute atomic E-state index is 12.0. The molecule has 0 bridgehead atoms. The summed E-state index contributed by atoms with van der Waals surface area (Å²) in [5.74, 6) is -0.165. The van der Waals surface area contributed by atoms with Gasteiger partial charge in [-0.25, -0.2) is 9.97 Å². The molecule has 19 heavy (non-hydrogen) atoms. The molecule has 0 aliphatic heterocycles. The first kappa shape index (κ1) is 14.0. The van der Waals surface area contributed by atoms with E-state index < -0.39 is 0 Å². The van der Waals surface area contributed by atoms with Crippen LogP contribution in [0.4, 0.5) is 0 Å². The van der Waals surface area contributed by atoms with Gasteiger partial charge in [0.2, 0.25) is 0 Å². The zero-order chi connectivity index (χ0) is 14.0. The Labute approximate surface area is 120 Å². The Hall–Kier alpha value is -1.46. The largest absolute Gasteiger partial charge is 0.345 e. The number of thiazole rings is 1. The van der Waals surface area contributed by atoms with Crippen LogP contribution in [0.2, 0.25) is 5.15 Å². The maximum Gasteiger partial charge on any atom is 0.253 e. The summed E-state index contributed by atoms with van der Waals surface area (Å²) in [5.41, 5.74) is 1.46. The predicted molar refractivity (Wildman–Crippen MR) is 76.7 cm³/mol. The van der Waals surface area contributed by atoms with E-state index in [4.69, 9.17) is 11.6 Å². The van der Waals surface area contributed by atoms with Gasteiger partial charge in [0.25, 0.3) is 5.91 Å². The Morgan fingerprint density at radius 1 is 1.42 bits per heavy atom. The van der Waals surface area contributed by atoms with Gasteiger partial charge in [0.15, 0.2) is 0 Å². The normalized spacial score (nSPS) is 12.2. The quantitative estimate of drug-likeness (QED) is 0.884. The van der Waals surface area contributed by atoms with E-state index >= 15 is 0 Å². The number of rotatable bonds is 3. The van der Waals surface area contributed by atoms with Gasteiger partial charge in [-0.05, 0) is 32.9 Å². The minimum atomic E-state index is -0.165. The first-order valence-electron chi connectivity index (χ1n) is 5.83. The molecule has 2 aromatic heterocycles. The molecule has 0 spiro atoms. The van der Waals surface area contributed by atoms with E-state index in [1.54, 1.807) is 23.5 Å². The molecule has 1 N–H and O–H groups in total. The fourth-order valence-electron chi connectivity index (χ4n) is 1.80. The molecule has 1 amide bonds. The second-order valence-electron chi connectivity index (χ2n) is 4.25. The van der Waals surface area contributed by atoms with E-state index in [0.717, 1.165) is 15.6 Å². The van der Waals surface area contributed by atoms with E-state index in [-0.39, 0.29) is 11.9 Å². The molecule has 4 nitrogen and oxygen atoms in total. The number of halogens is 1. The molecule has 1 unspecified atom stereocenters. The van der Waals surface area contributed by atoms with Crippen LogP contribution in [0, 0.1) is 13.8 Å². The highest BCUT2D eigenvalue weighted by Gasteiger charge is 2.16. The second-order valence-corrected chi connectivity index (χ2v) is 5.87. The monoisotopic (exact) mass is 295 g/mol. The third-order valence-electron chi connectivity index (χ3n) is 2.67. The molecule has 2 heterocycles. The van der Waals surface area contributed by atoms with E-state index in [9.17, 15) is 4.79 Å². The van der Waals surface area contributed by atoms with Crippen molar-refractivity contribution in [1.82, 2.24) is 15.3 Å². The number of hydrogen-bond donors (Lipinski definition) is 1. The lowest BCUT2D eigenvalue weighted by molar-refractivity contribution is 0.0940. The van der Waals surface area contributed by atoms with Gasteiger partial charge in [-0.1, -0.05) is 11.6 Å². The summed E-state index contributed by atoms with van der Waals surface area (Å²) < 4.78 is 0. The number of carbonyl (C=O) groups excluding carboxylic acids is 1. The van der Waals surface area contributed by atoms with Crippen LogP contribution in [0.15, 0.2) is 18.3 Å². The Kier molecular flexibility index (Phi) is 4.17. The van der Waals surface area contributed by atoms with Crippen molar-refractivity contribution >= 4 is 28.8 Å². The van der Waals surface area contributed by atoms with Crippen LogP contribution in [0.25, 0.3) is 0 Å². The number of nitrogens with one attached hydrogen (secondary N) is 1. The number of nitrogens with zero attached hydrogens (tertiary/aromatic N) is 2. The molecule has 2 aromatic rings. The van der Waals surface area contributed by atoms with Gasteiger partial charge in [0.1, 0.15) is 5.15 Å². The molecule has 1 atom stereocenters. The number of amides is 1. The first-order chi connectivity index (χ1) is 8.97. The highest BCUT2D eigenvalue weighted by atomic mass is 35.5. The third kappa shape index (κ3) is 3.30. The smallest absolute Gasteiger partial charge is 0.253 e. The Balaban J connectivity index is 2.10. The summed E-state index contributed by atoms with van der Waals surface area (Å²) >= 11 is 7.29. The Morgan fingerprint density at radius 2 is 2.16 bits per heavy atom. The fourth-order valence-corrected chi connectivity index (χ4v) is 2.85. The first-order valence-corrected chi connectivity index (χ1v) is 7.03. The standard InChI is InChI=1S/C13H14ClN3OS/c1-7-12(19-9(3)16-7)8(2)17-13(18)10-4-5-11(14)15-6-10/h4-6,8H,1-3H3,(H,17,18). The van der Waals surface area contributed by atoms with Crippen LogP contribution in [0.5, 0.6) is 0 Å². The number of aryl methyl sites for hydroxylation is 2. The zero-order valence-corrected chi connectivity index (χ0v) is 12.5. The van der Waals surface area contributed by atoms with Gasteiger partial charge in [-0.3, -0.25) is 4.79 Å². The molecule has 0 aromatic carbocycles. The third-order valence-corrected chi connectivity index (χ3v) is 4.15. The summed E-state index contributed by atoms with van der Waals surface area (Å²) in [7, 11) is 0. The SMILES string of the molecule is Cc1nc(C)c(C(C)NC(=O)c2ccc(Cl)nc2)s1. The lowest BCUT2D eigenvalue weighted by Crippen LogP contribution is -2.26. The lowest BCUT2D eigenvalue weighted by Gasteiger charge is -2.12. The molecule has 0 saturated heterocycles. The van der Waals surface area contributed by atoms with Gasteiger partial charge >= 0.3 is 0 Å². The van der Waals surface area contributed by atoms with Crippen molar-refractivity contribution in [3.63, 3.8) is 0 Å². The van der Waals surface area contributed by atoms with Gasteiger partial charge in [0.05, 0.1) is 22.3 Å². The maximum atomic E-state index is 12.0. The van der Waals surface area contributed by atoms with Crippen LogP contribution in [0.1, 0.15) is 38.9 Å². The summed E-state index contributed by atoms with van der Waals surface area (Å²) in [6.07, 6.45) is 1.47. The van der Waals surface area contributed by atoms with E-state index in [2.05, 4.69) is 15.3 Å². The van der Waals surface area contributed by atoms with Crippen molar-refractivity contribution in [2.75, 3.05) is 0 Å². The van der Waals surface area contributed by atoms with Crippen molar-refractivity contribution < 1.29 is 4.79 Å². The van der Waals surface area contributed by atoms with Crippen molar-refractivity contribution in [2.45, 2.75) is 26.8 Å². The second kappa shape index (κ2) is 5.67. The number of carbonyl (C=O) groups is 1. The van der Waals surface area contributed by atoms with Crippen molar-refractivity contribution in [3.05, 3.63) is 44.6 Å². The summed E-state index contributed by atoms with van der Waals surface area (Å²) in [5, 5.41) is 4.31. The lowest BCUT2D eigenvalue weighted by atomic mass is 10.2. The minimum Gasteiger partial charge on any atom is -0.345 e.